The van der Waals surface area contributed by atoms with Gasteiger partial charge in [0.25, 0.3) is 0 Å². The third-order valence-electron chi connectivity index (χ3n) is 3.64. The largest absolute Gasteiger partial charge is 0.480 e. The summed E-state index contributed by atoms with van der Waals surface area (Å²) < 4.78 is 5.98. The molecule has 0 bridgehead atoms. The number of carboxylic acids is 1. The lowest BCUT2D eigenvalue weighted by Gasteiger charge is -2.23. The van der Waals surface area contributed by atoms with Gasteiger partial charge in [0, 0.05) is 30.5 Å². The molecule has 2 aliphatic heterocycles. The number of allylic oxidation sites excluding steroid dienone is 2. The minimum Gasteiger partial charge on any atom is -0.480 e. The molecule has 2 rings (SSSR count). The lowest BCUT2D eigenvalue weighted by molar-refractivity contribution is -0.137. The van der Waals surface area contributed by atoms with Crippen LogP contribution in [0.5, 0.6) is 0 Å². The van der Waals surface area contributed by atoms with Crippen LogP contribution in [0.25, 0.3) is 0 Å². The van der Waals surface area contributed by atoms with Gasteiger partial charge in [0.05, 0.1) is 0 Å². The summed E-state index contributed by atoms with van der Waals surface area (Å²) in [5, 5.41) is 13.7. The molecule has 0 aliphatic carbocycles. The quantitative estimate of drug-likeness (QED) is 0.684. The average molecular weight is 370 g/mol. The Hall–Kier alpha value is -1.09. The molecule has 2 heterocycles. The monoisotopic (exact) mass is 369 g/mol. The Kier molecular flexibility index (Phi) is 7.54. The fourth-order valence-electron chi connectivity index (χ4n) is 2.11. The Balaban J connectivity index is 2.04. The SMILES string of the molecule is C=C/C=C1\CC(OCCC(C)NC)SC(C2=N[C@@H](C(=O)O)CS2)=N1. The number of ether oxygens (including phenoxy) is 1. The molecule has 8 heteroatoms. The Labute approximate surface area is 150 Å². The van der Waals surface area contributed by atoms with E-state index < -0.39 is 12.0 Å². The molecular formula is C16H23N3O3S2. The molecule has 3 atom stereocenters. The number of aliphatic imine (C=N–C) groups is 2. The van der Waals surface area contributed by atoms with E-state index in [2.05, 4.69) is 28.8 Å². The van der Waals surface area contributed by atoms with Gasteiger partial charge in [-0.15, -0.1) is 11.8 Å². The van der Waals surface area contributed by atoms with Gasteiger partial charge < -0.3 is 15.2 Å². The highest BCUT2D eigenvalue weighted by atomic mass is 32.2. The van der Waals surface area contributed by atoms with Crippen molar-refractivity contribution in [2.24, 2.45) is 9.98 Å². The van der Waals surface area contributed by atoms with Crippen LogP contribution in [0.3, 0.4) is 0 Å². The summed E-state index contributed by atoms with van der Waals surface area (Å²) in [4.78, 5) is 19.9. The van der Waals surface area contributed by atoms with Gasteiger partial charge in [-0.2, -0.15) is 0 Å². The number of hydrogen-bond donors (Lipinski definition) is 2. The van der Waals surface area contributed by atoms with Gasteiger partial charge in [-0.25, -0.2) is 9.79 Å². The number of carboxylic acid groups (broad SMARTS) is 1. The highest BCUT2D eigenvalue weighted by molar-refractivity contribution is 8.25. The zero-order valence-electron chi connectivity index (χ0n) is 13.9. The standard InChI is InChI=1S/C16H23N3O3S2/c1-4-5-11-8-13(22-7-6-10(2)17-3)24-15(18-11)14-19-12(9-23-14)16(20)21/h4-5,10,12-13,17H,1,6-9H2,2-3H3,(H,20,21)/b11-5+/t10?,12-,13?/m1/s1. The zero-order valence-corrected chi connectivity index (χ0v) is 15.5. The van der Waals surface area contributed by atoms with Gasteiger partial charge >= 0.3 is 5.97 Å². The minimum atomic E-state index is -0.894. The lowest BCUT2D eigenvalue weighted by Crippen LogP contribution is -2.25. The van der Waals surface area contributed by atoms with Gasteiger partial charge in [0.15, 0.2) is 6.04 Å². The van der Waals surface area contributed by atoms with E-state index in [1.54, 1.807) is 6.08 Å². The maximum atomic E-state index is 11.1. The molecule has 0 aromatic carbocycles. The van der Waals surface area contributed by atoms with Crippen molar-refractivity contribution in [2.75, 3.05) is 19.4 Å². The molecule has 2 aliphatic rings. The van der Waals surface area contributed by atoms with Crippen molar-refractivity contribution in [3.8, 4) is 0 Å². The van der Waals surface area contributed by atoms with Crippen molar-refractivity contribution in [2.45, 2.75) is 37.3 Å². The first-order valence-corrected chi connectivity index (χ1v) is 9.69. The first kappa shape index (κ1) is 19.2. The highest BCUT2D eigenvalue weighted by Gasteiger charge is 2.31. The van der Waals surface area contributed by atoms with E-state index >= 15 is 0 Å². The minimum absolute atomic E-state index is 0.0417. The second kappa shape index (κ2) is 9.41. The molecular weight excluding hydrogens is 346 g/mol. The third kappa shape index (κ3) is 5.47. The molecule has 0 saturated carbocycles. The van der Waals surface area contributed by atoms with E-state index in [0.29, 0.717) is 29.9 Å². The number of rotatable bonds is 8. The number of carbonyl (C=O) groups is 1. The van der Waals surface area contributed by atoms with Crippen LogP contribution in [0.4, 0.5) is 0 Å². The van der Waals surface area contributed by atoms with Crippen LogP contribution in [0.2, 0.25) is 0 Å². The van der Waals surface area contributed by atoms with Crippen molar-refractivity contribution in [1.82, 2.24) is 5.32 Å². The van der Waals surface area contributed by atoms with Crippen molar-refractivity contribution >= 4 is 39.6 Å². The molecule has 0 amide bonds. The van der Waals surface area contributed by atoms with Gasteiger partial charge in [-0.1, -0.05) is 24.4 Å². The highest BCUT2D eigenvalue weighted by Crippen LogP contribution is 2.33. The van der Waals surface area contributed by atoms with Crippen molar-refractivity contribution in [1.29, 1.82) is 0 Å². The molecule has 0 aromatic rings. The number of aliphatic carboxylic acids is 1. The van der Waals surface area contributed by atoms with Gasteiger partial charge in [-0.05, 0) is 26.5 Å². The number of nitrogens with zero attached hydrogens (tertiary/aromatic N) is 2. The summed E-state index contributed by atoms with van der Waals surface area (Å²) in [6, 6.07) is -0.279. The second-order valence-electron chi connectivity index (χ2n) is 5.51. The predicted octanol–water partition coefficient (Wildman–Crippen LogP) is 2.53. The van der Waals surface area contributed by atoms with Gasteiger partial charge in [-0.3, -0.25) is 4.99 Å². The molecule has 0 spiro atoms. The van der Waals surface area contributed by atoms with Crippen LogP contribution in [0.1, 0.15) is 19.8 Å². The molecule has 2 unspecified atom stereocenters. The fraction of sp³-hybridized carbons (Fsp3) is 0.562. The van der Waals surface area contributed by atoms with E-state index in [1.807, 2.05) is 13.1 Å². The Morgan fingerprint density at radius 1 is 1.58 bits per heavy atom. The van der Waals surface area contributed by atoms with Crippen molar-refractivity contribution in [3.05, 3.63) is 24.4 Å². The summed E-state index contributed by atoms with van der Waals surface area (Å²) in [6.07, 6.45) is 5.20. The molecule has 0 aromatic heterocycles. The van der Waals surface area contributed by atoms with Crippen LogP contribution in [-0.2, 0) is 9.53 Å². The molecule has 0 radical (unpaired) electrons. The zero-order chi connectivity index (χ0) is 17.5. The van der Waals surface area contributed by atoms with E-state index in [9.17, 15) is 4.79 Å². The summed E-state index contributed by atoms with van der Waals surface area (Å²) in [6.45, 7) is 6.49. The maximum absolute atomic E-state index is 11.1. The van der Waals surface area contributed by atoms with E-state index in [1.165, 1.54) is 23.5 Å². The van der Waals surface area contributed by atoms with Crippen LogP contribution < -0.4 is 5.32 Å². The normalized spacial score (nSPS) is 26.8. The first-order valence-electron chi connectivity index (χ1n) is 7.83. The van der Waals surface area contributed by atoms with Crippen LogP contribution in [0.15, 0.2) is 34.4 Å². The Bertz CT molecular complexity index is 575. The van der Waals surface area contributed by atoms with Crippen molar-refractivity contribution < 1.29 is 14.6 Å². The van der Waals surface area contributed by atoms with E-state index in [-0.39, 0.29) is 5.44 Å². The number of nitrogens with one attached hydrogen (secondary N) is 1. The molecule has 0 fully saturated rings. The Morgan fingerprint density at radius 2 is 2.38 bits per heavy atom. The predicted molar refractivity (Wildman–Crippen MR) is 102 cm³/mol. The average Bonchev–Trinajstić information content (AvgIpc) is 3.05. The van der Waals surface area contributed by atoms with Crippen LogP contribution >= 0.6 is 23.5 Å². The smallest absolute Gasteiger partial charge is 0.329 e. The lowest BCUT2D eigenvalue weighted by atomic mass is 10.2. The van der Waals surface area contributed by atoms with Gasteiger partial charge in [0.1, 0.15) is 15.5 Å². The first-order chi connectivity index (χ1) is 11.5. The summed E-state index contributed by atoms with van der Waals surface area (Å²) in [5.41, 5.74) is 0.840. The van der Waals surface area contributed by atoms with Crippen LogP contribution in [0, 0.1) is 0 Å². The summed E-state index contributed by atoms with van der Waals surface area (Å²) in [7, 11) is 1.93. The summed E-state index contributed by atoms with van der Waals surface area (Å²) >= 11 is 2.96. The summed E-state index contributed by atoms with van der Waals surface area (Å²) in [5.74, 6) is -0.440. The van der Waals surface area contributed by atoms with Crippen LogP contribution in [-0.4, -0.2) is 58.1 Å². The van der Waals surface area contributed by atoms with E-state index in [4.69, 9.17) is 9.84 Å². The topological polar surface area (TPSA) is 83.3 Å². The van der Waals surface area contributed by atoms with Crippen molar-refractivity contribution in [3.63, 3.8) is 0 Å². The molecule has 24 heavy (non-hydrogen) atoms. The molecule has 6 nitrogen and oxygen atoms in total. The molecule has 0 saturated heterocycles. The number of thioether (sulfide) groups is 2. The van der Waals surface area contributed by atoms with E-state index in [0.717, 1.165) is 17.2 Å². The Morgan fingerprint density at radius 3 is 3.00 bits per heavy atom. The van der Waals surface area contributed by atoms with Gasteiger partial charge in [0.2, 0.25) is 0 Å². The second-order valence-corrected chi connectivity index (χ2v) is 7.67. The fourth-order valence-corrected chi connectivity index (χ4v) is 4.33. The maximum Gasteiger partial charge on any atom is 0.329 e. The number of hydrogen-bond acceptors (Lipinski definition) is 7. The molecule has 2 N–H and O–H groups in total. The third-order valence-corrected chi connectivity index (χ3v) is 5.90. The molecule has 132 valence electrons.